The van der Waals surface area contributed by atoms with Crippen LogP contribution < -0.4 is 0 Å². The van der Waals surface area contributed by atoms with Gasteiger partial charge < -0.3 is 8.83 Å². The van der Waals surface area contributed by atoms with Crippen LogP contribution in [0.15, 0.2) is 106 Å². The maximum atomic E-state index is 5.96. The normalized spacial score (nSPS) is 11.1. The van der Waals surface area contributed by atoms with Crippen LogP contribution >= 0.6 is 0 Å². The Morgan fingerprint density at radius 1 is 0.417 bits per heavy atom. The molecule has 6 heteroatoms. The molecule has 36 heavy (non-hydrogen) atoms. The molecule has 0 aliphatic rings. The minimum atomic E-state index is 0.602. The van der Waals surface area contributed by atoms with Crippen LogP contribution in [0.5, 0.6) is 0 Å². The second-order valence-electron chi connectivity index (χ2n) is 8.47. The highest BCUT2D eigenvalue weighted by Gasteiger charge is 2.15. The third kappa shape index (κ3) is 4.09. The molecular formula is C30H22N4O2. The maximum Gasteiger partial charge on any atom is 0.226 e. The van der Waals surface area contributed by atoms with E-state index in [1.54, 1.807) is 24.8 Å². The summed E-state index contributed by atoms with van der Waals surface area (Å²) in [6, 6.07) is 24.2. The molecule has 0 fully saturated rings. The van der Waals surface area contributed by atoms with Crippen molar-refractivity contribution in [2.45, 2.75) is 13.8 Å². The second kappa shape index (κ2) is 9.07. The number of hydrogen-bond acceptors (Lipinski definition) is 6. The monoisotopic (exact) mass is 470 g/mol. The van der Waals surface area contributed by atoms with Crippen molar-refractivity contribution in [1.82, 2.24) is 19.9 Å². The van der Waals surface area contributed by atoms with Crippen LogP contribution in [-0.2, 0) is 0 Å². The number of aromatic nitrogens is 4. The lowest BCUT2D eigenvalue weighted by atomic mass is 10.0. The molecule has 0 aliphatic heterocycles. The predicted molar refractivity (Wildman–Crippen MR) is 139 cm³/mol. The first kappa shape index (κ1) is 21.7. The van der Waals surface area contributed by atoms with Crippen LogP contribution in [0.2, 0.25) is 0 Å². The van der Waals surface area contributed by atoms with Gasteiger partial charge in [-0.1, -0.05) is 24.3 Å². The molecule has 0 bridgehead atoms. The summed E-state index contributed by atoms with van der Waals surface area (Å²) in [6.07, 6.45) is 7.02. The Morgan fingerprint density at radius 2 is 0.750 bits per heavy atom. The summed E-state index contributed by atoms with van der Waals surface area (Å²) in [5.74, 6) is 2.77. The molecule has 6 nitrogen and oxygen atoms in total. The number of pyridine rings is 2. The van der Waals surface area contributed by atoms with E-state index in [1.165, 1.54) is 0 Å². The molecule has 0 saturated carbocycles. The average molecular weight is 471 g/mol. The van der Waals surface area contributed by atoms with Crippen molar-refractivity contribution in [3.8, 4) is 56.6 Å². The van der Waals surface area contributed by atoms with Crippen molar-refractivity contribution in [2.75, 3.05) is 0 Å². The van der Waals surface area contributed by atoms with Gasteiger partial charge in [-0.3, -0.25) is 9.97 Å². The number of oxazole rings is 2. The van der Waals surface area contributed by atoms with Gasteiger partial charge in [0.15, 0.2) is 0 Å². The van der Waals surface area contributed by atoms with Crippen LogP contribution in [0.3, 0.4) is 0 Å². The summed E-state index contributed by atoms with van der Waals surface area (Å²) in [5.41, 5.74) is 7.71. The van der Waals surface area contributed by atoms with E-state index in [0.29, 0.717) is 11.8 Å². The maximum absolute atomic E-state index is 5.96. The van der Waals surface area contributed by atoms with E-state index in [1.807, 2.05) is 62.4 Å². The number of aryl methyl sites for hydroxylation is 2. The smallest absolute Gasteiger partial charge is 0.226 e. The minimum Gasteiger partial charge on any atom is -0.441 e. The molecule has 0 saturated heterocycles. The summed E-state index contributed by atoms with van der Waals surface area (Å²) in [5, 5.41) is 0. The number of hydrogen-bond donors (Lipinski definition) is 0. The third-order valence-corrected chi connectivity index (χ3v) is 6.10. The van der Waals surface area contributed by atoms with Crippen molar-refractivity contribution >= 4 is 0 Å². The third-order valence-electron chi connectivity index (χ3n) is 6.10. The zero-order valence-electron chi connectivity index (χ0n) is 19.8. The van der Waals surface area contributed by atoms with Crippen LogP contribution in [-0.4, -0.2) is 19.9 Å². The van der Waals surface area contributed by atoms with Crippen molar-refractivity contribution in [1.29, 1.82) is 0 Å². The van der Waals surface area contributed by atoms with Gasteiger partial charge in [0, 0.05) is 47.0 Å². The molecule has 0 aliphatic carbocycles. The van der Waals surface area contributed by atoms with Crippen molar-refractivity contribution in [3.63, 3.8) is 0 Å². The van der Waals surface area contributed by atoms with Crippen LogP contribution in [0.1, 0.15) is 11.5 Å². The topological polar surface area (TPSA) is 77.8 Å². The molecule has 174 valence electrons. The van der Waals surface area contributed by atoms with E-state index in [-0.39, 0.29) is 0 Å². The summed E-state index contributed by atoms with van der Waals surface area (Å²) in [4.78, 5) is 17.6. The van der Waals surface area contributed by atoms with E-state index in [9.17, 15) is 0 Å². The lowest BCUT2D eigenvalue weighted by molar-refractivity contribution is 0.543. The molecule has 6 rings (SSSR count). The van der Waals surface area contributed by atoms with Gasteiger partial charge in [0.2, 0.25) is 11.8 Å². The fourth-order valence-electron chi connectivity index (χ4n) is 4.21. The molecule has 4 aromatic heterocycles. The summed E-state index contributed by atoms with van der Waals surface area (Å²) < 4.78 is 11.9. The van der Waals surface area contributed by atoms with Gasteiger partial charge in [0.25, 0.3) is 0 Å². The number of benzene rings is 2. The van der Waals surface area contributed by atoms with E-state index in [0.717, 1.165) is 56.3 Å². The largest absolute Gasteiger partial charge is 0.441 e. The molecule has 4 heterocycles. The molecule has 0 spiro atoms. The highest BCUT2D eigenvalue weighted by Crippen LogP contribution is 2.32. The fraction of sp³-hybridized carbons (Fsp3) is 0.0667. The molecule has 2 aromatic carbocycles. The van der Waals surface area contributed by atoms with Crippen LogP contribution in [0.4, 0.5) is 0 Å². The first-order chi connectivity index (χ1) is 17.7. The van der Waals surface area contributed by atoms with Crippen molar-refractivity contribution < 1.29 is 8.83 Å². The van der Waals surface area contributed by atoms with Crippen molar-refractivity contribution in [3.05, 3.63) is 109 Å². The number of rotatable bonds is 5. The Hall–Kier alpha value is -4.84. The zero-order valence-corrected chi connectivity index (χ0v) is 19.8. The zero-order chi connectivity index (χ0) is 24.5. The molecular weight excluding hydrogens is 448 g/mol. The van der Waals surface area contributed by atoms with E-state index >= 15 is 0 Å². The standard InChI is InChI=1S/C30H22N4O2/c1-19-27(23-11-15-31-16-12-23)33-29(35-19)25-7-3-21(4-8-25)22-5-9-26(10-6-22)30-34-28(20(2)36-30)24-13-17-32-18-14-24/h3-18H,1-2H3. The van der Waals surface area contributed by atoms with Gasteiger partial charge in [0.05, 0.1) is 0 Å². The van der Waals surface area contributed by atoms with E-state index in [4.69, 9.17) is 18.8 Å². The minimum absolute atomic E-state index is 0.602. The van der Waals surface area contributed by atoms with E-state index in [2.05, 4.69) is 34.2 Å². The lowest BCUT2D eigenvalue weighted by Gasteiger charge is -2.04. The fourth-order valence-corrected chi connectivity index (χ4v) is 4.21. The van der Waals surface area contributed by atoms with Crippen LogP contribution in [0.25, 0.3) is 56.6 Å². The van der Waals surface area contributed by atoms with Crippen LogP contribution in [0, 0.1) is 13.8 Å². The molecule has 0 unspecified atom stereocenters. The van der Waals surface area contributed by atoms with Gasteiger partial charge in [0.1, 0.15) is 22.9 Å². The molecule has 0 atom stereocenters. The van der Waals surface area contributed by atoms with Gasteiger partial charge >= 0.3 is 0 Å². The SMILES string of the molecule is Cc1oc(-c2ccc(-c3ccc(-c4nc(-c5ccncc5)c(C)o4)cc3)cc2)nc1-c1ccncc1. The Labute approximate surface area is 208 Å². The first-order valence-corrected chi connectivity index (χ1v) is 11.6. The molecule has 0 amide bonds. The van der Waals surface area contributed by atoms with Gasteiger partial charge in [-0.2, -0.15) is 0 Å². The van der Waals surface area contributed by atoms with Gasteiger partial charge in [-0.25, -0.2) is 9.97 Å². The quantitative estimate of drug-likeness (QED) is 0.261. The Balaban J connectivity index is 1.23. The summed E-state index contributed by atoms with van der Waals surface area (Å²) in [7, 11) is 0. The van der Waals surface area contributed by atoms with Gasteiger partial charge in [-0.05, 0) is 73.5 Å². The number of nitrogens with zero attached hydrogens (tertiary/aromatic N) is 4. The summed E-state index contributed by atoms with van der Waals surface area (Å²) >= 11 is 0. The van der Waals surface area contributed by atoms with E-state index < -0.39 is 0 Å². The highest BCUT2D eigenvalue weighted by atomic mass is 16.4. The van der Waals surface area contributed by atoms with Gasteiger partial charge in [-0.15, -0.1) is 0 Å². The molecule has 0 radical (unpaired) electrons. The second-order valence-corrected chi connectivity index (χ2v) is 8.47. The predicted octanol–water partition coefficient (Wildman–Crippen LogP) is 7.40. The lowest BCUT2D eigenvalue weighted by Crippen LogP contribution is -1.84. The first-order valence-electron chi connectivity index (χ1n) is 11.6. The Morgan fingerprint density at radius 3 is 1.11 bits per heavy atom. The highest BCUT2D eigenvalue weighted by molar-refractivity contribution is 5.72. The summed E-state index contributed by atoms with van der Waals surface area (Å²) in [6.45, 7) is 3.86. The van der Waals surface area contributed by atoms with Crippen molar-refractivity contribution in [2.24, 2.45) is 0 Å². The average Bonchev–Trinajstić information content (AvgIpc) is 3.52. The molecule has 0 N–H and O–H groups in total. The Bertz CT molecular complexity index is 1490. The molecule has 6 aromatic rings. The Kier molecular flexibility index (Phi) is 5.46.